The average Bonchev–Trinajstić information content (AvgIpc) is 2.91. The van der Waals surface area contributed by atoms with Crippen LogP contribution in [0.4, 0.5) is 0 Å². The second kappa shape index (κ2) is 6.15. The molecule has 0 aromatic carbocycles. The van der Waals surface area contributed by atoms with Gasteiger partial charge in [-0.05, 0) is 45.4 Å². The molecule has 0 aliphatic heterocycles. The van der Waals surface area contributed by atoms with Crippen molar-refractivity contribution in [3.63, 3.8) is 0 Å². The van der Waals surface area contributed by atoms with Crippen molar-refractivity contribution < 1.29 is 0 Å². The second-order valence-electron chi connectivity index (χ2n) is 7.73. The van der Waals surface area contributed by atoms with Gasteiger partial charge in [0.2, 0.25) is 0 Å². The number of thiazole rings is 1. The highest BCUT2D eigenvalue weighted by Crippen LogP contribution is 2.41. The minimum Gasteiger partial charge on any atom is -0.307 e. The summed E-state index contributed by atoms with van der Waals surface area (Å²) in [5.74, 6) is 2.12. The highest BCUT2D eigenvalue weighted by atomic mass is 32.1. The monoisotopic (exact) mass is 294 g/mol. The Bertz CT molecular complexity index is 442. The zero-order valence-corrected chi connectivity index (χ0v) is 14.7. The zero-order chi connectivity index (χ0) is 14.9. The summed E-state index contributed by atoms with van der Waals surface area (Å²) in [6, 6.07) is 0. The fraction of sp³-hybridized carbons (Fsp3) is 0.824. The van der Waals surface area contributed by atoms with Gasteiger partial charge in [0.1, 0.15) is 0 Å². The quantitative estimate of drug-likeness (QED) is 0.839. The van der Waals surface area contributed by atoms with E-state index in [4.69, 9.17) is 4.98 Å². The van der Waals surface area contributed by atoms with Crippen LogP contribution in [0.25, 0.3) is 0 Å². The lowest BCUT2D eigenvalue weighted by atomic mass is 10.1. The van der Waals surface area contributed by atoms with Crippen molar-refractivity contribution in [1.29, 1.82) is 0 Å². The van der Waals surface area contributed by atoms with Crippen molar-refractivity contribution in [1.82, 2.24) is 10.3 Å². The highest BCUT2D eigenvalue weighted by molar-refractivity contribution is 7.11. The number of aromatic nitrogens is 1. The minimum absolute atomic E-state index is 0.167. The number of nitrogens with one attached hydrogen (secondary N) is 1. The van der Waals surface area contributed by atoms with E-state index < -0.39 is 0 Å². The Morgan fingerprint density at radius 1 is 1.30 bits per heavy atom. The molecular weight excluding hydrogens is 264 g/mol. The lowest BCUT2D eigenvalue weighted by Gasteiger charge is -2.20. The zero-order valence-electron chi connectivity index (χ0n) is 13.9. The Morgan fingerprint density at radius 2 is 2.00 bits per heavy atom. The van der Waals surface area contributed by atoms with E-state index >= 15 is 0 Å². The maximum Gasteiger partial charge on any atom is 0.0962 e. The topological polar surface area (TPSA) is 24.9 Å². The molecule has 0 radical (unpaired) electrons. The summed E-state index contributed by atoms with van der Waals surface area (Å²) < 4.78 is 0. The Kier molecular flexibility index (Phi) is 4.91. The maximum atomic E-state index is 5.01. The molecule has 1 aliphatic carbocycles. The average molecular weight is 295 g/mol. The van der Waals surface area contributed by atoms with Gasteiger partial charge in [0.05, 0.1) is 10.7 Å². The molecule has 0 saturated heterocycles. The molecule has 1 aromatic heterocycles. The standard InChI is InChI=1S/C17H30N2S/c1-11(2)15-14(10-18-17(4,5)6)20-16(19-15)13-8-7-12(3)9-13/h11-13,18H,7-10H2,1-6H3. The minimum atomic E-state index is 0.167. The molecule has 1 aliphatic rings. The molecule has 1 fully saturated rings. The van der Waals surface area contributed by atoms with E-state index in [-0.39, 0.29) is 5.54 Å². The van der Waals surface area contributed by atoms with E-state index in [1.807, 2.05) is 11.3 Å². The third kappa shape index (κ3) is 4.05. The van der Waals surface area contributed by atoms with Gasteiger partial charge < -0.3 is 5.32 Å². The van der Waals surface area contributed by atoms with Gasteiger partial charge in [-0.2, -0.15) is 0 Å². The van der Waals surface area contributed by atoms with E-state index in [1.165, 1.54) is 34.8 Å². The number of hydrogen-bond acceptors (Lipinski definition) is 3. The van der Waals surface area contributed by atoms with Gasteiger partial charge in [0.15, 0.2) is 0 Å². The molecule has 2 rings (SSSR count). The molecule has 1 heterocycles. The van der Waals surface area contributed by atoms with Crippen LogP contribution < -0.4 is 5.32 Å². The van der Waals surface area contributed by atoms with E-state index in [1.54, 1.807) is 0 Å². The Hall–Kier alpha value is -0.410. The van der Waals surface area contributed by atoms with E-state index in [9.17, 15) is 0 Å². The molecule has 0 bridgehead atoms. The molecule has 2 unspecified atom stereocenters. The molecule has 3 heteroatoms. The number of hydrogen-bond donors (Lipinski definition) is 1. The van der Waals surface area contributed by atoms with E-state index in [0.717, 1.165) is 18.4 Å². The van der Waals surface area contributed by atoms with Crippen LogP contribution in [0, 0.1) is 5.92 Å². The molecule has 2 atom stereocenters. The fourth-order valence-electron chi connectivity index (χ4n) is 2.91. The number of rotatable bonds is 4. The van der Waals surface area contributed by atoms with Crippen molar-refractivity contribution in [2.75, 3.05) is 0 Å². The van der Waals surface area contributed by atoms with Crippen LogP contribution in [0.15, 0.2) is 0 Å². The largest absolute Gasteiger partial charge is 0.307 e. The third-order valence-corrected chi connectivity index (χ3v) is 5.35. The molecule has 0 amide bonds. The Labute approximate surface area is 128 Å². The van der Waals surface area contributed by atoms with Crippen molar-refractivity contribution in [2.45, 2.75) is 84.7 Å². The summed E-state index contributed by atoms with van der Waals surface area (Å²) in [4.78, 5) is 6.45. The van der Waals surface area contributed by atoms with Gasteiger partial charge in [-0.25, -0.2) is 4.98 Å². The lowest BCUT2D eigenvalue weighted by molar-refractivity contribution is 0.425. The summed E-state index contributed by atoms with van der Waals surface area (Å²) in [6.45, 7) is 14.5. The van der Waals surface area contributed by atoms with Crippen LogP contribution in [-0.2, 0) is 6.54 Å². The third-order valence-electron chi connectivity index (χ3n) is 4.11. The summed E-state index contributed by atoms with van der Waals surface area (Å²) in [6.07, 6.45) is 4.03. The van der Waals surface area contributed by atoms with E-state index in [2.05, 4.69) is 46.9 Å². The van der Waals surface area contributed by atoms with Gasteiger partial charge in [-0.15, -0.1) is 11.3 Å². The first-order valence-corrected chi connectivity index (χ1v) is 8.82. The molecule has 20 heavy (non-hydrogen) atoms. The molecule has 1 aromatic rings. The first-order valence-electron chi connectivity index (χ1n) is 8.00. The maximum absolute atomic E-state index is 5.01. The van der Waals surface area contributed by atoms with Crippen molar-refractivity contribution in [3.8, 4) is 0 Å². The van der Waals surface area contributed by atoms with Gasteiger partial charge in [-0.3, -0.25) is 0 Å². The molecule has 0 spiro atoms. The highest BCUT2D eigenvalue weighted by Gasteiger charge is 2.27. The Morgan fingerprint density at radius 3 is 2.50 bits per heavy atom. The van der Waals surface area contributed by atoms with Crippen LogP contribution >= 0.6 is 11.3 Å². The molecule has 2 nitrogen and oxygen atoms in total. The van der Waals surface area contributed by atoms with Crippen LogP contribution in [-0.4, -0.2) is 10.5 Å². The normalized spacial score (nSPS) is 23.8. The summed E-state index contributed by atoms with van der Waals surface area (Å²) in [5, 5.41) is 5.01. The molecular formula is C17H30N2S. The SMILES string of the molecule is CC1CCC(c2nc(C(C)C)c(CNC(C)(C)C)s2)C1. The molecule has 1 N–H and O–H groups in total. The Balaban J connectivity index is 2.15. The predicted molar refractivity (Wildman–Crippen MR) is 88.6 cm³/mol. The van der Waals surface area contributed by atoms with E-state index in [0.29, 0.717) is 5.92 Å². The summed E-state index contributed by atoms with van der Waals surface area (Å²) in [7, 11) is 0. The van der Waals surface area contributed by atoms with Gasteiger partial charge in [0, 0.05) is 22.9 Å². The van der Waals surface area contributed by atoms with Crippen LogP contribution in [0.2, 0.25) is 0 Å². The molecule has 1 saturated carbocycles. The van der Waals surface area contributed by atoms with Crippen LogP contribution in [0.3, 0.4) is 0 Å². The summed E-state index contributed by atoms with van der Waals surface area (Å²) >= 11 is 1.95. The van der Waals surface area contributed by atoms with Crippen molar-refractivity contribution >= 4 is 11.3 Å². The lowest BCUT2D eigenvalue weighted by Crippen LogP contribution is -2.35. The van der Waals surface area contributed by atoms with Crippen molar-refractivity contribution in [2.24, 2.45) is 5.92 Å². The second-order valence-corrected chi connectivity index (χ2v) is 8.85. The molecule has 114 valence electrons. The van der Waals surface area contributed by atoms with Crippen LogP contribution in [0.5, 0.6) is 0 Å². The smallest absolute Gasteiger partial charge is 0.0962 e. The van der Waals surface area contributed by atoms with Gasteiger partial charge in [-0.1, -0.05) is 27.2 Å². The first kappa shape index (κ1) is 16.0. The predicted octanol–water partition coefficient (Wildman–Crippen LogP) is 5.06. The van der Waals surface area contributed by atoms with Gasteiger partial charge in [0.25, 0.3) is 0 Å². The first-order chi connectivity index (χ1) is 9.26. The van der Waals surface area contributed by atoms with Crippen molar-refractivity contribution in [3.05, 3.63) is 15.6 Å². The number of nitrogens with zero attached hydrogens (tertiary/aromatic N) is 1. The van der Waals surface area contributed by atoms with Gasteiger partial charge >= 0.3 is 0 Å². The van der Waals surface area contributed by atoms with Crippen LogP contribution in [0.1, 0.15) is 88.2 Å². The summed E-state index contributed by atoms with van der Waals surface area (Å²) in [5.41, 5.74) is 1.49. The fourth-order valence-corrected chi connectivity index (χ4v) is 4.22.